The van der Waals surface area contributed by atoms with Crippen molar-refractivity contribution >= 4 is 0 Å². The minimum atomic E-state index is -0.488. The number of nitriles is 1. The highest BCUT2D eigenvalue weighted by atomic mass is 16.5. The van der Waals surface area contributed by atoms with E-state index >= 15 is 0 Å². The molecule has 0 heterocycles. The van der Waals surface area contributed by atoms with Gasteiger partial charge in [0, 0.05) is 6.04 Å². The van der Waals surface area contributed by atoms with Gasteiger partial charge in [0.25, 0.3) is 0 Å². The van der Waals surface area contributed by atoms with Gasteiger partial charge in [-0.3, -0.25) is 0 Å². The number of hydrogen-bond acceptors (Lipinski definition) is 4. The molecule has 2 aliphatic rings. The number of rotatable bonds is 4. The van der Waals surface area contributed by atoms with Crippen molar-refractivity contribution in [2.75, 3.05) is 7.11 Å². The normalized spacial score (nSPS) is 28.3. The first kappa shape index (κ1) is 16.1. The Morgan fingerprint density at radius 2 is 1.96 bits per heavy atom. The lowest BCUT2D eigenvalue weighted by atomic mass is 9.69. The van der Waals surface area contributed by atoms with Crippen LogP contribution in [0.4, 0.5) is 0 Å². The highest BCUT2D eigenvalue weighted by Crippen LogP contribution is 2.42. The Kier molecular flexibility index (Phi) is 4.77. The fourth-order valence-electron chi connectivity index (χ4n) is 4.00. The summed E-state index contributed by atoms with van der Waals surface area (Å²) in [5, 5.41) is 9.84. The molecule has 23 heavy (non-hydrogen) atoms. The summed E-state index contributed by atoms with van der Waals surface area (Å²) in [6, 6.07) is 8.59. The van der Waals surface area contributed by atoms with Gasteiger partial charge in [-0.1, -0.05) is 6.07 Å². The van der Waals surface area contributed by atoms with Crippen LogP contribution >= 0.6 is 0 Å². The Morgan fingerprint density at radius 1 is 1.17 bits per heavy atom. The lowest BCUT2D eigenvalue weighted by Gasteiger charge is -2.35. The third-order valence-electron chi connectivity index (χ3n) is 5.32. The Balaban J connectivity index is 1.91. The molecule has 0 aliphatic heterocycles. The molecule has 0 amide bonds. The van der Waals surface area contributed by atoms with Gasteiger partial charge in [-0.2, -0.15) is 5.26 Å². The number of hydrogen-bond donors (Lipinski definition) is 1. The monoisotopic (exact) mass is 314 g/mol. The molecule has 4 heteroatoms. The van der Waals surface area contributed by atoms with E-state index in [0.29, 0.717) is 0 Å². The van der Waals surface area contributed by atoms with E-state index in [9.17, 15) is 5.26 Å². The first-order chi connectivity index (χ1) is 11.2. The standard InChI is InChI=1S/C19H26N2O2/c1-22-17-9-8-14(11-18(17)23-16-6-2-3-7-16)19(13-20)10-4-5-15(21)12-19/h8-9,11,15-16H,2-7,10,12,21H2,1H3/t15-,19+/m1/s1. The quantitative estimate of drug-likeness (QED) is 0.920. The molecule has 4 nitrogen and oxygen atoms in total. The van der Waals surface area contributed by atoms with Gasteiger partial charge in [-0.15, -0.1) is 0 Å². The molecule has 1 aromatic rings. The summed E-state index contributed by atoms with van der Waals surface area (Å²) < 4.78 is 11.6. The first-order valence-electron chi connectivity index (χ1n) is 8.69. The predicted octanol–water partition coefficient (Wildman–Crippen LogP) is 3.68. The lowest BCUT2D eigenvalue weighted by Crippen LogP contribution is -2.38. The molecule has 0 unspecified atom stereocenters. The summed E-state index contributed by atoms with van der Waals surface area (Å²) in [6.45, 7) is 0. The van der Waals surface area contributed by atoms with Crippen LogP contribution in [0.15, 0.2) is 18.2 Å². The number of benzene rings is 1. The van der Waals surface area contributed by atoms with Crippen molar-refractivity contribution in [3.05, 3.63) is 23.8 Å². The van der Waals surface area contributed by atoms with E-state index in [4.69, 9.17) is 15.2 Å². The van der Waals surface area contributed by atoms with E-state index in [1.54, 1.807) is 7.11 Å². The summed E-state index contributed by atoms with van der Waals surface area (Å²) in [4.78, 5) is 0. The Morgan fingerprint density at radius 3 is 2.61 bits per heavy atom. The summed E-state index contributed by atoms with van der Waals surface area (Å²) in [5.41, 5.74) is 6.67. The van der Waals surface area contributed by atoms with Gasteiger partial charge in [0.2, 0.25) is 0 Å². The van der Waals surface area contributed by atoms with Crippen molar-refractivity contribution in [1.82, 2.24) is 0 Å². The van der Waals surface area contributed by atoms with E-state index in [-0.39, 0.29) is 12.1 Å². The van der Waals surface area contributed by atoms with Gasteiger partial charge in [-0.05, 0) is 69.1 Å². The summed E-state index contributed by atoms with van der Waals surface area (Å²) in [7, 11) is 1.66. The number of ether oxygens (including phenoxy) is 2. The zero-order valence-corrected chi connectivity index (χ0v) is 13.9. The molecule has 124 valence electrons. The van der Waals surface area contributed by atoms with Crippen LogP contribution in [-0.4, -0.2) is 19.3 Å². The van der Waals surface area contributed by atoms with Crippen LogP contribution in [0.2, 0.25) is 0 Å². The van der Waals surface area contributed by atoms with Gasteiger partial charge in [0.05, 0.1) is 24.7 Å². The molecule has 0 spiro atoms. The molecule has 1 aromatic carbocycles. The number of nitrogens with zero attached hydrogens (tertiary/aromatic N) is 1. The minimum absolute atomic E-state index is 0.102. The van der Waals surface area contributed by atoms with Crippen molar-refractivity contribution in [3.8, 4) is 17.6 Å². The van der Waals surface area contributed by atoms with E-state index in [1.165, 1.54) is 12.8 Å². The van der Waals surface area contributed by atoms with Crippen LogP contribution in [0.25, 0.3) is 0 Å². The smallest absolute Gasteiger partial charge is 0.161 e. The van der Waals surface area contributed by atoms with Crippen molar-refractivity contribution < 1.29 is 9.47 Å². The maximum atomic E-state index is 9.84. The molecule has 0 saturated heterocycles. The van der Waals surface area contributed by atoms with E-state index < -0.39 is 5.41 Å². The highest BCUT2D eigenvalue weighted by Gasteiger charge is 2.37. The minimum Gasteiger partial charge on any atom is -0.493 e. The van der Waals surface area contributed by atoms with Crippen LogP contribution in [0.1, 0.15) is 56.9 Å². The van der Waals surface area contributed by atoms with E-state index in [1.807, 2.05) is 18.2 Å². The fourth-order valence-corrected chi connectivity index (χ4v) is 4.00. The van der Waals surface area contributed by atoms with Crippen LogP contribution in [0.3, 0.4) is 0 Å². The largest absolute Gasteiger partial charge is 0.493 e. The fraction of sp³-hybridized carbons (Fsp3) is 0.632. The lowest BCUT2D eigenvalue weighted by molar-refractivity contribution is 0.200. The Hall–Kier alpha value is -1.73. The van der Waals surface area contributed by atoms with Crippen LogP contribution in [-0.2, 0) is 5.41 Å². The predicted molar refractivity (Wildman–Crippen MR) is 89.6 cm³/mol. The third kappa shape index (κ3) is 3.30. The van der Waals surface area contributed by atoms with Gasteiger partial charge in [0.15, 0.2) is 11.5 Å². The average molecular weight is 314 g/mol. The van der Waals surface area contributed by atoms with Gasteiger partial charge in [-0.25, -0.2) is 0 Å². The zero-order chi connectivity index (χ0) is 16.3. The second kappa shape index (κ2) is 6.80. The second-order valence-corrected chi connectivity index (χ2v) is 6.94. The molecule has 2 fully saturated rings. The molecule has 0 radical (unpaired) electrons. The molecule has 0 bridgehead atoms. The Bertz CT molecular complexity index is 590. The van der Waals surface area contributed by atoms with E-state index in [2.05, 4.69) is 6.07 Å². The van der Waals surface area contributed by atoms with Crippen molar-refractivity contribution in [2.45, 2.75) is 68.9 Å². The summed E-state index contributed by atoms with van der Waals surface area (Å²) >= 11 is 0. The zero-order valence-electron chi connectivity index (χ0n) is 13.9. The van der Waals surface area contributed by atoms with Crippen molar-refractivity contribution in [1.29, 1.82) is 5.26 Å². The Labute approximate surface area is 138 Å². The maximum Gasteiger partial charge on any atom is 0.161 e. The molecular formula is C19H26N2O2. The molecule has 2 aliphatic carbocycles. The third-order valence-corrected chi connectivity index (χ3v) is 5.32. The maximum absolute atomic E-state index is 9.84. The van der Waals surface area contributed by atoms with Crippen LogP contribution < -0.4 is 15.2 Å². The van der Waals surface area contributed by atoms with Gasteiger partial charge >= 0.3 is 0 Å². The van der Waals surface area contributed by atoms with Crippen LogP contribution in [0.5, 0.6) is 11.5 Å². The van der Waals surface area contributed by atoms with Crippen molar-refractivity contribution in [3.63, 3.8) is 0 Å². The average Bonchev–Trinajstić information content (AvgIpc) is 3.07. The second-order valence-electron chi connectivity index (χ2n) is 6.94. The summed E-state index contributed by atoms with van der Waals surface area (Å²) in [5.74, 6) is 1.51. The SMILES string of the molecule is COc1ccc([C@@]2(C#N)CCC[C@@H](N)C2)cc1OC1CCCC1. The molecular weight excluding hydrogens is 288 g/mol. The number of methoxy groups -OCH3 is 1. The van der Waals surface area contributed by atoms with Gasteiger partial charge in [0.1, 0.15) is 0 Å². The van der Waals surface area contributed by atoms with E-state index in [0.717, 1.165) is 55.6 Å². The molecule has 3 rings (SSSR count). The van der Waals surface area contributed by atoms with Gasteiger partial charge < -0.3 is 15.2 Å². The summed E-state index contributed by atoms with van der Waals surface area (Å²) in [6.07, 6.45) is 8.51. The number of nitrogens with two attached hydrogens (primary N) is 1. The highest BCUT2D eigenvalue weighted by molar-refractivity contribution is 5.47. The molecule has 2 N–H and O–H groups in total. The van der Waals surface area contributed by atoms with Crippen LogP contribution in [0, 0.1) is 11.3 Å². The molecule has 2 atom stereocenters. The van der Waals surface area contributed by atoms with Crippen molar-refractivity contribution in [2.24, 2.45) is 5.73 Å². The molecule has 2 saturated carbocycles. The molecule has 0 aromatic heterocycles. The first-order valence-corrected chi connectivity index (χ1v) is 8.69. The topological polar surface area (TPSA) is 68.3 Å².